The summed E-state index contributed by atoms with van der Waals surface area (Å²) in [5.41, 5.74) is 5.38. The normalized spacial score (nSPS) is 8.89. The summed E-state index contributed by atoms with van der Waals surface area (Å²) in [5.74, 6) is -0.442. The number of aromatic nitrogens is 1. The molecule has 0 aromatic carbocycles. The van der Waals surface area contributed by atoms with E-state index in [0.717, 1.165) is 0 Å². The third kappa shape index (κ3) is 1.25. The summed E-state index contributed by atoms with van der Waals surface area (Å²) in [6.07, 6.45) is 3.02. The molecule has 9 heavy (non-hydrogen) atoms. The van der Waals surface area contributed by atoms with Crippen molar-refractivity contribution in [1.29, 1.82) is 0 Å². The summed E-state index contributed by atoms with van der Waals surface area (Å²) >= 11 is 0. The number of nitrogens with two attached hydrogens (primary N) is 1. The summed E-state index contributed by atoms with van der Waals surface area (Å²) in [6, 6.07) is 3.29. The SMILES string of the molecule is N[11C](=O)c1cccnc1. The molecule has 0 saturated carbocycles. The molecule has 1 rings (SSSR count). The number of rotatable bonds is 1. The van der Waals surface area contributed by atoms with Gasteiger partial charge in [-0.1, -0.05) is 0 Å². The van der Waals surface area contributed by atoms with Crippen molar-refractivity contribution in [3.05, 3.63) is 30.1 Å². The van der Waals surface area contributed by atoms with Crippen LogP contribution in [0.5, 0.6) is 0 Å². The van der Waals surface area contributed by atoms with Crippen molar-refractivity contribution in [2.24, 2.45) is 5.73 Å². The van der Waals surface area contributed by atoms with Crippen LogP contribution < -0.4 is 5.73 Å². The summed E-state index contributed by atoms with van der Waals surface area (Å²) in [4.78, 5) is 14.1. The van der Waals surface area contributed by atoms with E-state index < -0.39 is 5.91 Å². The quantitative estimate of drug-likeness (QED) is 0.576. The van der Waals surface area contributed by atoms with Gasteiger partial charge in [0.1, 0.15) is 0 Å². The fourth-order valence-electron chi connectivity index (χ4n) is 0.509. The highest BCUT2D eigenvalue weighted by Gasteiger charge is 1.94. The van der Waals surface area contributed by atoms with Crippen LogP contribution in [0.15, 0.2) is 24.5 Å². The Morgan fingerprint density at radius 3 is 2.78 bits per heavy atom. The van der Waals surface area contributed by atoms with Crippen molar-refractivity contribution < 1.29 is 4.79 Å². The molecule has 0 radical (unpaired) electrons. The second kappa shape index (κ2) is 2.26. The van der Waals surface area contributed by atoms with Gasteiger partial charge in [-0.2, -0.15) is 0 Å². The lowest BCUT2D eigenvalue weighted by Gasteiger charge is -1.88. The fraction of sp³-hybridized carbons (Fsp3) is 0. The molecule has 0 bridgehead atoms. The molecule has 1 amide bonds. The van der Waals surface area contributed by atoms with Gasteiger partial charge in [0.15, 0.2) is 0 Å². The molecule has 1 aromatic heterocycles. The van der Waals surface area contributed by atoms with Crippen molar-refractivity contribution in [3.8, 4) is 0 Å². The lowest BCUT2D eigenvalue weighted by atomic mass is 9.93. The molecular formula is C6H6N2O. The number of hydrogen-bond acceptors (Lipinski definition) is 2. The minimum Gasteiger partial charge on any atom is -0.366 e. The van der Waals surface area contributed by atoms with Crippen LogP contribution in [0.4, 0.5) is 0 Å². The van der Waals surface area contributed by atoms with Gasteiger partial charge in [0.25, 0.3) is 0 Å². The maximum Gasteiger partial charge on any atom is 0.250 e. The first-order valence-electron chi connectivity index (χ1n) is 2.50. The van der Waals surface area contributed by atoms with E-state index in [1.807, 2.05) is 0 Å². The van der Waals surface area contributed by atoms with E-state index in [-0.39, 0.29) is 0 Å². The minimum absolute atomic E-state index is 0.442. The summed E-state index contributed by atoms with van der Waals surface area (Å²) in [7, 11) is 0. The van der Waals surface area contributed by atoms with E-state index in [2.05, 4.69) is 4.98 Å². The lowest BCUT2D eigenvalue weighted by molar-refractivity contribution is 0.1000. The van der Waals surface area contributed by atoms with Crippen LogP contribution in [0.2, 0.25) is 0 Å². The van der Waals surface area contributed by atoms with Crippen molar-refractivity contribution >= 4 is 5.91 Å². The Balaban J connectivity index is 2.98. The largest absolute Gasteiger partial charge is 0.366 e. The molecule has 0 aliphatic rings. The first kappa shape index (κ1) is 5.75. The Bertz CT molecular complexity index is 208. The third-order valence-electron chi connectivity index (χ3n) is 0.946. The van der Waals surface area contributed by atoms with Gasteiger partial charge >= 0.3 is 0 Å². The van der Waals surface area contributed by atoms with E-state index in [1.165, 1.54) is 6.20 Å². The first-order chi connectivity index (χ1) is 4.30. The predicted octanol–water partition coefficient (Wildman–Crippen LogP) is 0.181. The Morgan fingerprint density at radius 2 is 2.44 bits per heavy atom. The summed E-state index contributed by atoms with van der Waals surface area (Å²) in [5, 5.41) is 0. The van der Waals surface area contributed by atoms with E-state index in [4.69, 9.17) is 5.73 Å². The molecule has 0 aliphatic carbocycles. The van der Waals surface area contributed by atoms with Crippen molar-refractivity contribution in [3.63, 3.8) is 0 Å². The Kier molecular flexibility index (Phi) is 1.44. The Labute approximate surface area is 52.5 Å². The van der Waals surface area contributed by atoms with Crippen LogP contribution in [0.25, 0.3) is 0 Å². The molecular weight excluding hydrogens is 115 g/mol. The highest BCUT2D eigenvalue weighted by atomic mass is 16.1. The van der Waals surface area contributed by atoms with E-state index >= 15 is 0 Å². The molecule has 3 heteroatoms. The van der Waals surface area contributed by atoms with Gasteiger partial charge in [0.05, 0.1) is 5.56 Å². The smallest absolute Gasteiger partial charge is 0.250 e. The van der Waals surface area contributed by atoms with Gasteiger partial charge in [-0.05, 0) is 12.1 Å². The van der Waals surface area contributed by atoms with Gasteiger partial charge < -0.3 is 5.73 Å². The highest BCUT2D eigenvalue weighted by Crippen LogP contribution is 1.91. The number of amides is 1. The Morgan fingerprint density at radius 1 is 1.67 bits per heavy atom. The topological polar surface area (TPSA) is 56.0 Å². The number of hydrogen-bond donors (Lipinski definition) is 1. The van der Waals surface area contributed by atoms with Crippen molar-refractivity contribution in [1.82, 2.24) is 4.98 Å². The predicted molar refractivity (Wildman–Crippen MR) is 32.8 cm³/mol. The minimum atomic E-state index is -0.442. The molecule has 46 valence electrons. The molecule has 0 unspecified atom stereocenters. The molecule has 0 saturated heterocycles. The highest BCUT2D eigenvalue weighted by molar-refractivity contribution is 5.92. The maximum atomic E-state index is 10.4. The van der Waals surface area contributed by atoms with E-state index in [0.29, 0.717) is 5.56 Å². The molecule has 1 heterocycles. The molecule has 2 N–H and O–H groups in total. The van der Waals surface area contributed by atoms with Gasteiger partial charge in [-0.25, -0.2) is 0 Å². The van der Waals surface area contributed by atoms with Gasteiger partial charge in [0, 0.05) is 12.4 Å². The molecule has 0 spiro atoms. The molecule has 0 atom stereocenters. The van der Waals surface area contributed by atoms with Crippen LogP contribution in [-0.4, -0.2) is 10.9 Å². The van der Waals surface area contributed by atoms with Crippen LogP contribution in [0.1, 0.15) is 10.4 Å². The standard InChI is InChI=1S/C6H6N2O/c7-6(9)5-2-1-3-8-4-5/h1-4H,(H2,7,9)/i6-1. The average molecular weight is 121 g/mol. The fourth-order valence-corrected chi connectivity index (χ4v) is 0.509. The second-order valence-electron chi connectivity index (χ2n) is 1.61. The van der Waals surface area contributed by atoms with Gasteiger partial charge in [-0.15, -0.1) is 0 Å². The zero-order chi connectivity index (χ0) is 6.69. The molecule has 1 aromatic rings. The zero-order valence-electron chi connectivity index (χ0n) is 4.74. The monoisotopic (exact) mass is 121 g/mol. The third-order valence-corrected chi connectivity index (χ3v) is 0.946. The van der Waals surface area contributed by atoms with Gasteiger partial charge in [0.2, 0.25) is 5.91 Å². The summed E-state index contributed by atoms with van der Waals surface area (Å²) in [6.45, 7) is 0. The van der Waals surface area contributed by atoms with Crippen molar-refractivity contribution in [2.75, 3.05) is 0 Å². The summed E-state index contributed by atoms with van der Waals surface area (Å²) < 4.78 is 0. The molecule has 0 fully saturated rings. The van der Waals surface area contributed by atoms with Crippen LogP contribution in [0, 0.1) is 0 Å². The molecule has 3 nitrogen and oxygen atoms in total. The van der Waals surface area contributed by atoms with Crippen molar-refractivity contribution in [2.45, 2.75) is 0 Å². The van der Waals surface area contributed by atoms with Crippen LogP contribution in [0.3, 0.4) is 0 Å². The van der Waals surface area contributed by atoms with Crippen LogP contribution in [-0.2, 0) is 0 Å². The molecule has 0 aliphatic heterocycles. The van der Waals surface area contributed by atoms with Crippen LogP contribution >= 0.6 is 0 Å². The number of carbonyl (C=O) groups is 1. The second-order valence-corrected chi connectivity index (χ2v) is 1.61. The number of pyridine rings is 1. The maximum absolute atomic E-state index is 10.4. The first-order valence-corrected chi connectivity index (χ1v) is 2.50. The number of primary amides is 1. The van der Waals surface area contributed by atoms with E-state index in [9.17, 15) is 4.79 Å². The Hall–Kier alpha value is -1.38. The lowest BCUT2D eigenvalue weighted by Crippen LogP contribution is -2.10. The zero-order valence-corrected chi connectivity index (χ0v) is 4.74. The average Bonchev–Trinajstić information content (AvgIpc) is 1.90. The number of nitrogens with zero attached hydrogens (tertiary/aromatic N) is 1. The van der Waals surface area contributed by atoms with E-state index in [1.54, 1.807) is 18.3 Å². The number of carbonyl (C=O) groups excluding carboxylic acids is 1. The van der Waals surface area contributed by atoms with Gasteiger partial charge in [-0.3, -0.25) is 9.78 Å².